The summed E-state index contributed by atoms with van der Waals surface area (Å²) < 4.78 is 26.6. The van der Waals surface area contributed by atoms with E-state index < -0.39 is 10.0 Å². The highest BCUT2D eigenvalue weighted by atomic mass is 32.2. The van der Waals surface area contributed by atoms with Crippen molar-refractivity contribution in [1.82, 2.24) is 4.31 Å². The number of rotatable bonds is 7. The van der Waals surface area contributed by atoms with E-state index in [1.54, 1.807) is 4.31 Å². The average molecular weight is 374 g/mol. The van der Waals surface area contributed by atoms with Gasteiger partial charge in [-0.2, -0.15) is 4.31 Å². The zero-order chi connectivity index (χ0) is 18.4. The number of benzene rings is 2. The van der Waals surface area contributed by atoms with Crippen molar-refractivity contribution in [3.63, 3.8) is 0 Å². The van der Waals surface area contributed by atoms with Gasteiger partial charge >= 0.3 is 0 Å². The number of quaternary nitrogens is 1. The topological polar surface area (TPSA) is 41.8 Å². The van der Waals surface area contributed by atoms with Crippen LogP contribution in [0.5, 0.6) is 0 Å². The SMILES string of the molecule is CCCCS(=O)(=O)N1CC[NH+](C(c2ccccc2)c2ccccc2)CC1. The predicted octanol–water partition coefficient (Wildman–Crippen LogP) is 2.11. The molecule has 3 rings (SSSR count). The van der Waals surface area contributed by atoms with Gasteiger partial charge in [0.05, 0.1) is 31.9 Å². The van der Waals surface area contributed by atoms with Crippen molar-refractivity contribution in [1.29, 1.82) is 0 Å². The van der Waals surface area contributed by atoms with Gasteiger partial charge in [-0.05, 0) is 6.42 Å². The van der Waals surface area contributed by atoms with Gasteiger partial charge in [0.25, 0.3) is 0 Å². The minimum Gasteiger partial charge on any atom is -0.323 e. The van der Waals surface area contributed by atoms with Crippen LogP contribution in [0.1, 0.15) is 36.9 Å². The van der Waals surface area contributed by atoms with Crippen molar-refractivity contribution in [2.24, 2.45) is 0 Å². The van der Waals surface area contributed by atoms with Crippen LogP contribution in [-0.4, -0.2) is 44.7 Å². The molecule has 1 heterocycles. The Morgan fingerprint density at radius 2 is 1.42 bits per heavy atom. The molecule has 0 aliphatic carbocycles. The first-order valence-corrected chi connectivity index (χ1v) is 11.1. The second kappa shape index (κ2) is 8.80. The van der Waals surface area contributed by atoms with Crippen molar-refractivity contribution in [3.05, 3.63) is 71.8 Å². The van der Waals surface area contributed by atoms with Crippen molar-refractivity contribution in [2.45, 2.75) is 25.8 Å². The molecule has 2 aromatic carbocycles. The summed E-state index contributed by atoms with van der Waals surface area (Å²) in [6, 6.07) is 21.4. The number of nitrogens with zero attached hydrogens (tertiary/aromatic N) is 1. The highest BCUT2D eigenvalue weighted by molar-refractivity contribution is 7.89. The third-order valence-corrected chi connectivity index (χ3v) is 7.14. The molecule has 0 saturated carbocycles. The molecule has 1 fully saturated rings. The number of unbranched alkanes of at least 4 members (excludes halogenated alkanes) is 1. The lowest BCUT2D eigenvalue weighted by Gasteiger charge is -2.36. The van der Waals surface area contributed by atoms with E-state index in [1.807, 2.05) is 19.1 Å². The zero-order valence-corrected chi connectivity index (χ0v) is 16.3. The van der Waals surface area contributed by atoms with Gasteiger partial charge in [0.1, 0.15) is 6.04 Å². The molecule has 0 radical (unpaired) electrons. The van der Waals surface area contributed by atoms with E-state index in [9.17, 15) is 8.42 Å². The second-order valence-corrected chi connectivity index (χ2v) is 9.07. The van der Waals surface area contributed by atoms with Gasteiger partial charge in [-0.25, -0.2) is 8.42 Å². The van der Waals surface area contributed by atoms with Crippen LogP contribution in [0.2, 0.25) is 0 Å². The first kappa shape index (κ1) is 19.1. The van der Waals surface area contributed by atoms with Crippen molar-refractivity contribution >= 4 is 10.0 Å². The van der Waals surface area contributed by atoms with E-state index in [-0.39, 0.29) is 11.8 Å². The number of sulfonamides is 1. The molecule has 1 aliphatic rings. The monoisotopic (exact) mass is 373 g/mol. The molecule has 4 nitrogen and oxygen atoms in total. The zero-order valence-electron chi connectivity index (χ0n) is 15.5. The Morgan fingerprint density at radius 1 is 0.923 bits per heavy atom. The first-order valence-electron chi connectivity index (χ1n) is 9.54. The van der Waals surface area contributed by atoms with Gasteiger partial charge in [-0.3, -0.25) is 0 Å². The highest BCUT2D eigenvalue weighted by Gasteiger charge is 2.33. The molecule has 0 amide bonds. The molecule has 1 N–H and O–H groups in total. The maximum atomic E-state index is 12.5. The minimum atomic E-state index is -3.10. The van der Waals surface area contributed by atoms with Crippen LogP contribution in [-0.2, 0) is 10.0 Å². The normalized spacial score (nSPS) is 16.8. The quantitative estimate of drug-likeness (QED) is 0.808. The summed E-state index contributed by atoms with van der Waals surface area (Å²) >= 11 is 0. The summed E-state index contributed by atoms with van der Waals surface area (Å²) in [6.07, 6.45) is 1.65. The van der Waals surface area contributed by atoms with Crippen LogP contribution < -0.4 is 4.90 Å². The Balaban J connectivity index is 1.76. The van der Waals surface area contributed by atoms with Gasteiger partial charge < -0.3 is 4.90 Å². The van der Waals surface area contributed by atoms with E-state index >= 15 is 0 Å². The summed E-state index contributed by atoms with van der Waals surface area (Å²) in [7, 11) is -3.10. The molecule has 0 unspecified atom stereocenters. The molecule has 5 heteroatoms. The van der Waals surface area contributed by atoms with Crippen molar-refractivity contribution in [2.75, 3.05) is 31.9 Å². The van der Waals surface area contributed by atoms with Gasteiger partial charge in [-0.15, -0.1) is 0 Å². The van der Waals surface area contributed by atoms with Gasteiger partial charge in [0.2, 0.25) is 10.0 Å². The van der Waals surface area contributed by atoms with Gasteiger partial charge in [0, 0.05) is 11.1 Å². The fourth-order valence-electron chi connectivity index (χ4n) is 3.75. The number of hydrogen-bond acceptors (Lipinski definition) is 2. The molecule has 1 aliphatic heterocycles. The maximum Gasteiger partial charge on any atom is 0.214 e. The molecule has 26 heavy (non-hydrogen) atoms. The van der Waals surface area contributed by atoms with Crippen molar-refractivity contribution in [3.8, 4) is 0 Å². The fraction of sp³-hybridized carbons (Fsp3) is 0.429. The molecular weight excluding hydrogens is 344 g/mol. The lowest BCUT2D eigenvalue weighted by atomic mass is 9.96. The van der Waals surface area contributed by atoms with E-state index in [0.717, 1.165) is 25.9 Å². The summed E-state index contributed by atoms with van der Waals surface area (Å²) in [4.78, 5) is 1.43. The molecule has 1 saturated heterocycles. The summed E-state index contributed by atoms with van der Waals surface area (Å²) in [5.41, 5.74) is 2.58. The predicted molar refractivity (Wildman–Crippen MR) is 106 cm³/mol. The van der Waals surface area contributed by atoms with Crippen LogP contribution >= 0.6 is 0 Å². The molecule has 0 atom stereocenters. The smallest absolute Gasteiger partial charge is 0.214 e. The molecule has 2 aromatic rings. The van der Waals surface area contributed by atoms with Crippen LogP contribution in [0.15, 0.2) is 60.7 Å². The average Bonchev–Trinajstić information content (AvgIpc) is 2.69. The summed E-state index contributed by atoms with van der Waals surface area (Å²) in [5, 5.41) is 0. The van der Waals surface area contributed by atoms with E-state index in [4.69, 9.17) is 0 Å². The Bertz CT molecular complexity index is 731. The van der Waals surface area contributed by atoms with Crippen molar-refractivity contribution < 1.29 is 13.3 Å². The minimum absolute atomic E-state index is 0.248. The largest absolute Gasteiger partial charge is 0.323 e. The Hall–Kier alpha value is -1.69. The lowest BCUT2D eigenvalue weighted by molar-refractivity contribution is -0.929. The maximum absolute atomic E-state index is 12.5. The van der Waals surface area contributed by atoms with E-state index in [2.05, 4.69) is 48.5 Å². The standard InChI is InChI=1S/C21H28N2O2S/c1-2-3-18-26(24,25)23-16-14-22(15-17-23)21(19-10-6-4-7-11-19)20-12-8-5-9-13-20/h4-13,21H,2-3,14-18H2,1H3/p+1. The van der Waals surface area contributed by atoms with E-state index in [0.29, 0.717) is 13.1 Å². The Labute approximate surface area is 157 Å². The van der Waals surface area contributed by atoms with Gasteiger partial charge in [0.15, 0.2) is 0 Å². The highest BCUT2D eigenvalue weighted by Crippen LogP contribution is 2.19. The third kappa shape index (κ3) is 4.53. The fourth-order valence-corrected chi connectivity index (χ4v) is 5.40. The first-order chi connectivity index (χ1) is 12.6. The Kier molecular flexibility index (Phi) is 6.46. The van der Waals surface area contributed by atoms with Crippen LogP contribution in [0.3, 0.4) is 0 Å². The molecule has 0 spiro atoms. The third-order valence-electron chi connectivity index (χ3n) is 5.19. The number of hydrogen-bond donors (Lipinski definition) is 1. The van der Waals surface area contributed by atoms with Crippen LogP contribution in [0, 0.1) is 0 Å². The van der Waals surface area contributed by atoms with E-state index in [1.165, 1.54) is 16.0 Å². The van der Waals surface area contributed by atoms with Crippen LogP contribution in [0.25, 0.3) is 0 Å². The second-order valence-electron chi connectivity index (χ2n) is 6.98. The molecular formula is C21H29N2O2S+. The van der Waals surface area contributed by atoms with Gasteiger partial charge in [-0.1, -0.05) is 74.0 Å². The Morgan fingerprint density at radius 3 is 1.88 bits per heavy atom. The molecule has 140 valence electrons. The summed E-state index contributed by atoms with van der Waals surface area (Å²) in [6.45, 7) is 4.91. The van der Waals surface area contributed by atoms with Crippen LogP contribution in [0.4, 0.5) is 0 Å². The molecule has 0 aromatic heterocycles. The molecule has 0 bridgehead atoms. The number of piperazine rings is 1. The summed E-state index contributed by atoms with van der Waals surface area (Å²) in [5.74, 6) is 0.277. The lowest BCUT2D eigenvalue weighted by Crippen LogP contribution is -3.15. The number of nitrogens with one attached hydrogen (secondary N) is 1.